The number of nitrogen functional groups attached to an aromatic ring is 1. The number of hydrogen-bond donors (Lipinski definition) is 2. The van der Waals surface area contributed by atoms with Crippen LogP contribution in [0.15, 0.2) is 21.5 Å². The number of hydrogen-bond acceptors (Lipinski definition) is 4. The van der Waals surface area contributed by atoms with E-state index in [1.807, 2.05) is 0 Å². The number of aliphatic hydroxyl groups excluding tert-OH is 1. The minimum atomic E-state index is -3.63. The van der Waals surface area contributed by atoms with Crippen LogP contribution in [-0.4, -0.2) is 37.5 Å². The van der Waals surface area contributed by atoms with Crippen LogP contribution in [0.25, 0.3) is 0 Å². The summed E-state index contributed by atoms with van der Waals surface area (Å²) in [4.78, 5) is 0.0879. The van der Waals surface area contributed by atoms with E-state index >= 15 is 0 Å². The predicted molar refractivity (Wildman–Crippen MR) is 82.1 cm³/mol. The van der Waals surface area contributed by atoms with E-state index in [0.717, 1.165) is 0 Å². The zero-order valence-corrected chi connectivity index (χ0v) is 13.9. The van der Waals surface area contributed by atoms with Gasteiger partial charge < -0.3 is 10.8 Å². The second-order valence-electron chi connectivity index (χ2n) is 4.84. The van der Waals surface area contributed by atoms with Gasteiger partial charge in [0.05, 0.1) is 9.37 Å². The van der Waals surface area contributed by atoms with Gasteiger partial charge in [-0.15, -0.1) is 0 Å². The van der Waals surface area contributed by atoms with Crippen LogP contribution in [-0.2, 0) is 10.0 Å². The van der Waals surface area contributed by atoms with Crippen molar-refractivity contribution in [1.82, 2.24) is 4.31 Å². The highest BCUT2D eigenvalue weighted by molar-refractivity contribution is 9.10. The van der Waals surface area contributed by atoms with Crippen molar-refractivity contribution in [3.05, 3.63) is 21.6 Å². The average Bonchev–Trinajstić information content (AvgIpc) is 2.42. The molecule has 0 amide bonds. The second kappa shape index (κ2) is 6.19. The number of benzene rings is 1. The topological polar surface area (TPSA) is 83.6 Å². The first-order chi connectivity index (χ1) is 9.36. The van der Waals surface area contributed by atoms with E-state index < -0.39 is 10.0 Å². The maximum atomic E-state index is 12.6. The van der Waals surface area contributed by atoms with Gasteiger partial charge in [0.1, 0.15) is 0 Å². The third kappa shape index (κ3) is 3.12. The molecule has 1 heterocycles. The van der Waals surface area contributed by atoms with Crippen LogP contribution in [0.2, 0.25) is 5.02 Å². The van der Waals surface area contributed by atoms with Crippen LogP contribution in [0.4, 0.5) is 5.69 Å². The van der Waals surface area contributed by atoms with Gasteiger partial charge in [-0.25, -0.2) is 8.42 Å². The summed E-state index contributed by atoms with van der Waals surface area (Å²) in [5.74, 6) is 0.175. The van der Waals surface area contributed by atoms with Crippen molar-refractivity contribution in [2.75, 3.05) is 25.4 Å². The standard InChI is InChI=1S/C12H16BrClN2O3S/c13-12-10(15)5-9(14)6-11(12)20(18,19)16-3-1-8(7-17)2-4-16/h5-6,8,17H,1-4,7,15H2. The summed E-state index contributed by atoms with van der Waals surface area (Å²) in [6.45, 7) is 0.889. The number of rotatable bonds is 3. The van der Waals surface area contributed by atoms with Crippen LogP contribution in [0.3, 0.4) is 0 Å². The highest BCUT2D eigenvalue weighted by Gasteiger charge is 2.31. The highest BCUT2D eigenvalue weighted by atomic mass is 79.9. The lowest BCUT2D eigenvalue weighted by Gasteiger charge is -2.30. The molecule has 1 saturated heterocycles. The van der Waals surface area contributed by atoms with E-state index in [9.17, 15) is 8.42 Å². The number of piperidine rings is 1. The molecular formula is C12H16BrClN2O3S. The zero-order valence-electron chi connectivity index (χ0n) is 10.7. The molecule has 2 rings (SSSR count). The molecule has 112 valence electrons. The summed E-state index contributed by atoms with van der Waals surface area (Å²) < 4.78 is 27.0. The van der Waals surface area contributed by atoms with Gasteiger partial charge in [0.2, 0.25) is 10.0 Å². The molecule has 1 fully saturated rings. The Labute approximate surface area is 131 Å². The van der Waals surface area contributed by atoms with Crippen LogP contribution in [0.1, 0.15) is 12.8 Å². The summed E-state index contributed by atoms with van der Waals surface area (Å²) >= 11 is 9.11. The maximum absolute atomic E-state index is 12.6. The fourth-order valence-corrected chi connectivity index (χ4v) is 4.97. The Morgan fingerprint density at radius 2 is 2.00 bits per heavy atom. The monoisotopic (exact) mass is 382 g/mol. The number of sulfonamides is 1. The van der Waals surface area contributed by atoms with Gasteiger partial charge in [-0.2, -0.15) is 4.31 Å². The molecule has 1 aliphatic heterocycles. The van der Waals surface area contributed by atoms with Crippen molar-refractivity contribution in [2.45, 2.75) is 17.7 Å². The molecule has 0 aromatic heterocycles. The van der Waals surface area contributed by atoms with Gasteiger partial charge in [0.15, 0.2) is 0 Å². The Hall–Kier alpha value is -0.340. The van der Waals surface area contributed by atoms with E-state index in [4.69, 9.17) is 22.4 Å². The first-order valence-electron chi connectivity index (χ1n) is 6.21. The lowest BCUT2D eigenvalue weighted by atomic mass is 10.00. The molecular weight excluding hydrogens is 368 g/mol. The quantitative estimate of drug-likeness (QED) is 0.783. The Morgan fingerprint density at radius 3 is 2.55 bits per heavy atom. The van der Waals surface area contributed by atoms with Gasteiger partial charge in [-0.05, 0) is 46.8 Å². The summed E-state index contributed by atoms with van der Waals surface area (Å²) in [7, 11) is -3.63. The Balaban J connectivity index is 2.32. The molecule has 0 radical (unpaired) electrons. The Morgan fingerprint density at radius 1 is 1.40 bits per heavy atom. The van der Waals surface area contributed by atoms with Crippen LogP contribution in [0, 0.1) is 5.92 Å². The van der Waals surface area contributed by atoms with Gasteiger partial charge in [-0.1, -0.05) is 11.6 Å². The van der Waals surface area contributed by atoms with Crippen molar-refractivity contribution in [3.63, 3.8) is 0 Å². The minimum Gasteiger partial charge on any atom is -0.398 e. The molecule has 0 saturated carbocycles. The molecule has 0 aliphatic carbocycles. The first-order valence-corrected chi connectivity index (χ1v) is 8.83. The third-order valence-electron chi connectivity index (χ3n) is 3.48. The number of nitrogens with two attached hydrogens (primary N) is 1. The molecule has 8 heteroatoms. The van der Waals surface area contributed by atoms with E-state index in [1.165, 1.54) is 16.4 Å². The summed E-state index contributed by atoms with van der Waals surface area (Å²) in [5.41, 5.74) is 6.04. The molecule has 0 spiro atoms. The molecule has 1 aliphatic rings. The molecule has 0 bridgehead atoms. The van der Waals surface area contributed by atoms with E-state index in [1.54, 1.807) is 0 Å². The van der Waals surface area contributed by atoms with Gasteiger partial charge in [0.25, 0.3) is 0 Å². The van der Waals surface area contributed by atoms with Crippen LogP contribution in [0.5, 0.6) is 0 Å². The lowest BCUT2D eigenvalue weighted by Crippen LogP contribution is -2.39. The lowest BCUT2D eigenvalue weighted by molar-refractivity contribution is 0.170. The smallest absolute Gasteiger partial charge is 0.244 e. The van der Waals surface area contributed by atoms with E-state index in [0.29, 0.717) is 36.1 Å². The molecule has 20 heavy (non-hydrogen) atoms. The molecule has 1 aromatic rings. The molecule has 3 N–H and O–H groups in total. The van der Waals surface area contributed by atoms with Gasteiger partial charge in [0, 0.05) is 30.4 Å². The highest BCUT2D eigenvalue weighted by Crippen LogP contribution is 2.34. The minimum absolute atomic E-state index is 0.0879. The maximum Gasteiger partial charge on any atom is 0.244 e. The molecule has 1 aromatic carbocycles. The normalized spacial score (nSPS) is 18.4. The van der Waals surface area contributed by atoms with Crippen molar-refractivity contribution in [2.24, 2.45) is 5.92 Å². The largest absolute Gasteiger partial charge is 0.398 e. The number of aliphatic hydroxyl groups is 1. The Kier molecular flexibility index (Phi) is 4.96. The van der Waals surface area contributed by atoms with Crippen molar-refractivity contribution in [1.29, 1.82) is 0 Å². The molecule has 0 atom stereocenters. The summed E-state index contributed by atoms with van der Waals surface area (Å²) in [6.07, 6.45) is 1.31. The van der Waals surface area contributed by atoms with Crippen LogP contribution < -0.4 is 5.73 Å². The first kappa shape index (κ1) is 16.0. The second-order valence-corrected chi connectivity index (χ2v) is 7.97. The number of anilines is 1. The van der Waals surface area contributed by atoms with Crippen molar-refractivity contribution >= 4 is 43.2 Å². The fourth-order valence-electron chi connectivity index (χ4n) is 2.24. The molecule has 5 nitrogen and oxygen atoms in total. The average molecular weight is 384 g/mol. The SMILES string of the molecule is Nc1cc(Cl)cc(S(=O)(=O)N2CCC(CO)CC2)c1Br. The predicted octanol–water partition coefficient (Wildman–Crippen LogP) is 2.08. The van der Waals surface area contributed by atoms with Crippen molar-refractivity contribution < 1.29 is 13.5 Å². The summed E-state index contributed by atoms with van der Waals surface area (Å²) in [6, 6.07) is 2.90. The fraction of sp³-hybridized carbons (Fsp3) is 0.500. The van der Waals surface area contributed by atoms with Crippen LogP contribution >= 0.6 is 27.5 Å². The third-order valence-corrected chi connectivity index (χ3v) is 6.77. The number of halogens is 2. The molecule has 0 unspecified atom stereocenters. The summed E-state index contributed by atoms with van der Waals surface area (Å²) in [5, 5.41) is 9.39. The van der Waals surface area contributed by atoms with Gasteiger partial charge >= 0.3 is 0 Å². The zero-order chi connectivity index (χ0) is 14.9. The van der Waals surface area contributed by atoms with E-state index in [2.05, 4.69) is 15.9 Å². The Bertz CT molecular complexity index is 601. The van der Waals surface area contributed by atoms with Crippen molar-refractivity contribution in [3.8, 4) is 0 Å². The van der Waals surface area contributed by atoms with Gasteiger partial charge in [-0.3, -0.25) is 0 Å². The number of nitrogens with zero attached hydrogens (tertiary/aromatic N) is 1. The van der Waals surface area contributed by atoms with E-state index in [-0.39, 0.29) is 22.4 Å².